The molecule has 0 bridgehead atoms. The highest BCUT2D eigenvalue weighted by atomic mass is 16.1. The number of nitrogens with two attached hydrogens (primary N) is 1. The van der Waals surface area contributed by atoms with Crippen LogP contribution in [0.4, 0.5) is 11.5 Å². The van der Waals surface area contributed by atoms with Crippen molar-refractivity contribution in [3.63, 3.8) is 0 Å². The third-order valence-corrected chi connectivity index (χ3v) is 3.34. The van der Waals surface area contributed by atoms with Gasteiger partial charge in [-0.1, -0.05) is 18.2 Å². The van der Waals surface area contributed by atoms with E-state index in [9.17, 15) is 4.79 Å². The Bertz CT molecular complexity index is 633. The summed E-state index contributed by atoms with van der Waals surface area (Å²) < 4.78 is 0. The molecule has 0 unspecified atom stereocenters. The number of para-hydroxylation sites is 1. The van der Waals surface area contributed by atoms with E-state index in [-0.39, 0.29) is 5.56 Å². The van der Waals surface area contributed by atoms with E-state index in [1.165, 1.54) is 12.4 Å². The molecular weight excluding hydrogens is 240 g/mol. The lowest BCUT2D eigenvalue weighted by Gasteiger charge is -2.23. The van der Waals surface area contributed by atoms with Gasteiger partial charge in [0.05, 0.1) is 6.33 Å². The van der Waals surface area contributed by atoms with Gasteiger partial charge in [-0.3, -0.25) is 4.79 Å². The fraction of sp³-hybridized carbons (Fsp3) is 0.286. The van der Waals surface area contributed by atoms with Gasteiger partial charge in [0.1, 0.15) is 5.82 Å². The molecule has 1 aliphatic carbocycles. The van der Waals surface area contributed by atoms with Crippen LogP contribution in [0.25, 0.3) is 0 Å². The molecule has 5 heteroatoms. The Morgan fingerprint density at radius 2 is 2.16 bits per heavy atom. The second kappa shape index (κ2) is 4.76. The SMILES string of the molecule is Nc1ccccc1CN(c1cc(=O)[nH]cn1)C1CC1. The summed E-state index contributed by atoms with van der Waals surface area (Å²) in [6.07, 6.45) is 3.73. The topological polar surface area (TPSA) is 75.0 Å². The highest BCUT2D eigenvalue weighted by Crippen LogP contribution is 2.32. The molecule has 19 heavy (non-hydrogen) atoms. The Kier molecular flexibility index (Phi) is 2.95. The maximum Gasteiger partial charge on any atom is 0.252 e. The lowest BCUT2D eigenvalue weighted by Crippen LogP contribution is -2.27. The Labute approximate surface area is 111 Å². The summed E-state index contributed by atoms with van der Waals surface area (Å²) in [5.74, 6) is 0.717. The summed E-state index contributed by atoms with van der Waals surface area (Å²) in [6, 6.07) is 9.81. The smallest absolute Gasteiger partial charge is 0.252 e. The van der Waals surface area contributed by atoms with Crippen LogP contribution >= 0.6 is 0 Å². The number of hydrogen-bond acceptors (Lipinski definition) is 4. The highest BCUT2D eigenvalue weighted by Gasteiger charge is 2.30. The first kappa shape index (κ1) is 11.8. The van der Waals surface area contributed by atoms with Gasteiger partial charge in [0.2, 0.25) is 0 Å². The highest BCUT2D eigenvalue weighted by molar-refractivity contribution is 5.50. The fourth-order valence-corrected chi connectivity index (χ4v) is 2.16. The van der Waals surface area contributed by atoms with Crippen LogP contribution in [0.3, 0.4) is 0 Å². The van der Waals surface area contributed by atoms with E-state index in [0.29, 0.717) is 12.6 Å². The van der Waals surface area contributed by atoms with Gasteiger partial charge >= 0.3 is 0 Å². The molecule has 1 saturated carbocycles. The molecule has 0 atom stereocenters. The predicted octanol–water partition coefficient (Wildman–Crippen LogP) is 1.52. The molecule has 0 spiro atoms. The van der Waals surface area contributed by atoms with E-state index in [1.807, 2.05) is 24.3 Å². The van der Waals surface area contributed by atoms with Gasteiger partial charge in [-0.25, -0.2) is 4.98 Å². The molecule has 1 aromatic heterocycles. The second-order valence-corrected chi connectivity index (χ2v) is 4.83. The molecule has 1 aromatic carbocycles. The average molecular weight is 256 g/mol. The largest absolute Gasteiger partial charge is 0.398 e. The van der Waals surface area contributed by atoms with Crippen LogP contribution in [0.2, 0.25) is 0 Å². The molecule has 98 valence electrons. The van der Waals surface area contributed by atoms with Crippen molar-refractivity contribution in [2.45, 2.75) is 25.4 Å². The first-order valence-electron chi connectivity index (χ1n) is 6.39. The second-order valence-electron chi connectivity index (χ2n) is 4.83. The van der Waals surface area contributed by atoms with Crippen LogP contribution in [0.5, 0.6) is 0 Å². The zero-order valence-electron chi connectivity index (χ0n) is 10.5. The van der Waals surface area contributed by atoms with E-state index in [1.54, 1.807) is 0 Å². The summed E-state index contributed by atoms with van der Waals surface area (Å²) in [6.45, 7) is 0.688. The Morgan fingerprint density at radius 1 is 1.37 bits per heavy atom. The predicted molar refractivity (Wildman–Crippen MR) is 74.9 cm³/mol. The van der Waals surface area contributed by atoms with Crippen LogP contribution in [0.15, 0.2) is 41.5 Å². The third kappa shape index (κ3) is 2.59. The minimum atomic E-state index is -0.128. The van der Waals surface area contributed by atoms with Crippen LogP contribution < -0.4 is 16.2 Å². The third-order valence-electron chi connectivity index (χ3n) is 3.34. The Morgan fingerprint density at radius 3 is 2.84 bits per heavy atom. The number of H-pyrrole nitrogens is 1. The average Bonchev–Trinajstić information content (AvgIpc) is 3.22. The number of rotatable bonds is 4. The number of benzene rings is 1. The molecule has 0 amide bonds. The molecule has 2 aromatic rings. The summed E-state index contributed by atoms with van der Waals surface area (Å²) in [4.78, 5) is 20.4. The number of hydrogen-bond donors (Lipinski definition) is 2. The first-order chi connectivity index (χ1) is 9.24. The van der Waals surface area contributed by atoms with Gasteiger partial charge in [0.25, 0.3) is 5.56 Å². The van der Waals surface area contributed by atoms with Crippen LogP contribution in [-0.4, -0.2) is 16.0 Å². The lowest BCUT2D eigenvalue weighted by atomic mass is 10.1. The van der Waals surface area contributed by atoms with Crippen LogP contribution in [0.1, 0.15) is 18.4 Å². The standard InChI is InChI=1S/C14H16N4O/c15-12-4-2-1-3-10(12)8-18(11-5-6-11)13-7-14(19)17-9-16-13/h1-4,7,9,11H,5-6,8,15H2,(H,16,17,19). The zero-order valence-corrected chi connectivity index (χ0v) is 10.5. The van der Waals surface area contributed by atoms with Gasteiger partial charge in [0.15, 0.2) is 0 Å². The van der Waals surface area contributed by atoms with Crippen molar-refractivity contribution in [3.8, 4) is 0 Å². The molecule has 5 nitrogen and oxygen atoms in total. The number of nitrogens with one attached hydrogen (secondary N) is 1. The van der Waals surface area contributed by atoms with Gasteiger partial charge in [0, 0.05) is 24.3 Å². The van der Waals surface area contributed by atoms with Crippen LogP contribution in [0, 0.1) is 0 Å². The Hall–Kier alpha value is -2.30. The fourth-order valence-electron chi connectivity index (χ4n) is 2.16. The van der Waals surface area contributed by atoms with Crippen molar-refractivity contribution in [2.24, 2.45) is 0 Å². The molecule has 1 fully saturated rings. The summed E-state index contributed by atoms with van der Waals surface area (Å²) in [7, 11) is 0. The van der Waals surface area contributed by atoms with Gasteiger partial charge in [-0.15, -0.1) is 0 Å². The summed E-state index contributed by atoms with van der Waals surface area (Å²) in [5.41, 5.74) is 7.70. The molecule has 0 saturated heterocycles. The van der Waals surface area contributed by atoms with E-state index in [0.717, 1.165) is 29.9 Å². The maximum absolute atomic E-state index is 11.4. The lowest BCUT2D eigenvalue weighted by molar-refractivity contribution is 0.775. The monoisotopic (exact) mass is 256 g/mol. The molecular formula is C14H16N4O. The molecule has 0 radical (unpaired) electrons. The van der Waals surface area contributed by atoms with Gasteiger partial charge < -0.3 is 15.6 Å². The van der Waals surface area contributed by atoms with Crippen molar-refractivity contribution >= 4 is 11.5 Å². The molecule has 3 rings (SSSR count). The van der Waals surface area contributed by atoms with Crippen LogP contribution in [-0.2, 0) is 6.54 Å². The normalized spacial score (nSPS) is 14.3. The number of anilines is 2. The van der Waals surface area contributed by atoms with Crippen molar-refractivity contribution < 1.29 is 0 Å². The Balaban J connectivity index is 1.90. The number of nitrogen functional groups attached to an aromatic ring is 1. The van der Waals surface area contributed by atoms with E-state index in [2.05, 4.69) is 14.9 Å². The van der Waals surface area contributed by atoms with Gasteiger partial charge in [-0.05, 0) is 24.5 Å². The summed E-state index contributed by atoms with van der Waals surface area (Å²) >= 11 is 0. The van der Waals surface area contributed by atoms with E-state index in [4.69, 9.17) is 5.73 Å². The quantitative estimate of drug-likeness (QED) is 0.813. The molecule has 1 heterocycles. The van der Waals surface area contributed by atoms with E-state index >= 15 is 0 Å². The zero-order chi connectivity index (χ0) is 13.2. The molecule has 1 aliphatic rings. The van der Waals surface area contributed by atoms with Gasteiger partial charge in [-0.2, -0.15) is 0 Å². The number of aromatic amines is 1. The number of aromatic nitrogens is 2. The molecule has 3 N–H and O–H groups in total. The van der Waals surface area contributed by atoms with Crippen molar-refractivity contribution in [3.05, 3.63) is 52.6 Å². The van der Waals surface area contributed by atoms with Crippen molar-refractivity contribution in [1.29, 1.82) is 0 Å². The minimum absolute atomic E-state index is 0.128. The van der Waals surface area contributed by atoms with Crippen molar-refractivity contribution in [1.82, 2.24) is 9.97 Å². The van der Waals surface area contributed by atoms with E-state index < -0.39 is 0 Å². The maximum atomic E-state index is 11.4. The first-order valence-corrected chi connectivity index (χ1v) is 6.39. The van der Waals surface area contributed by atoms with Crippen molar-refractivity contribution in [2.75, 3.05) is 10.6 Å². The molecule has 0 aliphatic heterocycles. The number of nitrogens with zero attached hydrogens (tertiary/aromatic N) is 2. The minimum Gasteiger partial charge on any atom is -0.398 e. The summed E-state index contributed by atoms with van der Waals surface area (Å²) in [5, 5.41) is 0.